The van der Waals surface area contributed by atoms with Crippen molar-refractivity contribution in [1.82, 2.24) is 0 Å². The SMILES string of the molecule is C=C(Br)Cc1ccc(OC(C)=O)cc1.CC(=O)Oc1ccc(CBr)c2ccccc12.CC(=O)Oc1ccc(CCBr)cc1.O=C(Oc1cccc(CBr)c1)c1ccccc1. The molecule has 0 heterocycles. The van der Waals surface area contributed by atoms with Gasteiger partial charge in [-0.25, -0.2) is 4.79 Å². The molecule has 0 N–H and O–H groups in total. The minimum Gasteiger partial charge on any atom is -0.427 e. The summed E-state index contributed by atoms with van der Waals surface area (Å²) in [7, 11) is 0. The van der Waals surface area contributed by atoms with E-state index in [9.17, 15) is 19.2 Å². The van der Waals surface area contributed by atoms with Gasteiger partial charge in [-0.1, -0.05) is 155 Å². The van der Waals surface area contributed by atoms with Gasteiger partial charge >= 0.3 is 23.9 Å². The maximum atomic E-state index is 11.8. The highest BCUT2D eigenvalue weighted by molar-refractivity contribution is 9.11. The first-order valence-corrected chi connectivity index (χ1v) is 22.6. The van der Waals surface area contributed by atoms with E-state index in [-0.39, 0.29) is 23.9 Å². The predicted octanol–water partition coefficient (Wildman–Crippen LogP) is 13.1. The molecule has 0 atom stereocenters. The first kappa shape index (κ1) is 49.5. The maximum absolute atomic E-state index is 11.8. The van der Waals surface area contributed by atoms with Gasteiger partial charge in [0.05, 0.1) is 5.56 Å². The van der Waals surface area contributed by atoms with Crippen LogP contribution in [0.5, 0.6) is 23.0 Å². The number of carbonyl (C=O) groups excluding carboxylic acids is 4. The molecule has 0 bridgehead atoms. The van der Waals surface area contributed by atoms with E-state index in [0.29, 0.717) is 28.6 Å². The van der Waals surface area contributed by atoms with Crippen LogP contribution >= 0.6 is 63.7 Å². The van der Waals surface area contributed by atoms with Gasteiger partial charge in [0.2, 0.25) is 0 Å². The summed E-state index contributed by atoms with van der Waals surface area (Å²) < 4.78 is 21.2. The van der Waals surface area contributed by atoms with Crippen molar-refractivity contribution in [2.24, 2.45) is 0 Å². The summed E-state index contributed by atoms with van der Waals surface area (Å²) in [4.78, 5) is 44.0. The zero-order valence-corrected chi connectivity index (χ0v) is 39.6. The molecule has 0 amide bonds. The summed E-state index contributed by atoms with van der Waals surface area (Å²) >= 11 is 13.5. The number of allylic oxidation sites excluding steroid dienone is 1. The third-order valence-corrected chi connectivity index (χ3v) is 9.72. The van der Waals surface area contributed by atoms with Crippen LogP contribution in [0.1, 0.15) is 53.4 Å². The Morgan fingerprint density at radius 2 is 1.07 bits per heavy atom. The topological polar surface area (TPSA) is 105 Å². The second-order valence-electron chi connectivity index (χ2n) is 12.6. The van der Waals surface area contributed by atoms with Gasteiger partial charge in [-0.05, 0) is 93.1 Å². The van der Waals surface area contributed by atoms with E-state index in [2.05, 4.69) is 70.3 Å². The third kappa shape index (κ3) is 18.6. The maximum Gasteiger partial charge on any atom is 0.343 e. The number of esters is 4. The summed E-state index contributed by atoms with van der Waals surface area (Å²) in [5.74, 6) is 1.14. The highest BCUT2D eigenvalue weighted by Gasteiger charge is 2.09. The second-order valence-corrected chi connectivity index (χ2v) is 15.7. The molecule has 6 aromatic rings. The van der Waals surface area contributed by atoms with Crippen LogP contribution in [0.15, 0.2) is 151 Å². The Labute approximate surface area is 384 Å². The number of hydrogen-bond acceptors (Lipinski definition) is 8. The molecule has 6 rings (SSSR count). The average Bonchev–Trinajstić information content (AvgIpc) is 3.23. The van der Waals surface area contributed by atoms with Crippen molar-refractivity contribution in [3.8, 4) is 23.0 Å². The molecule has 0 unspecified atom stereocenters. The van der Waals surface area contributed by atoms with Crippen molar-refractivity contribution in [1.29, 1.82) is 0 Å². The van der Waals surface area contributed by atoms with E-state index in [0.717, 1.165) is 55.2 Å². The van der Waals surface area contributed by atoms with Gasteiger partial charge in [-0.3, -0.25) is 14.4 Å². The molecular formula is C48H44Br4O8. The number of aryl methyl sites for hydroxylation is 1. The van der Waals surface area contributed by atoms with Gasteiger partial charge in [0.25, 0.3) is 0 Å². The highest BCUT2D eigenvalue weighted by Crippen LogP contribution is 2.30. The molecule has 12 heteroatoms. The molecule has 312 valence electrons. The zero-order valence-electron chi connectivity index (χ0n) is 33.3. The molecule has 0 fully saturated rings. The average molecular weight is 1070 g/mol. The van der Waals surface area contributed by atoms with Gasteiger partial charge < -0.3 is 18.9 Å². The Hall–Kier alpha value is -4.88. The fraction of sp³-hybridized carbons (Fsp3) is 0.167. The Bertz CT molecular complexity index is 2280. The van der Waals surface area contributed by atoms with E-state index >= 15 is 0 Å². The van der Waals surface area contributed by atoms with Crippen LogP contribution in [-0.2, 0) is 37.9 Å². The molecule has 6 aromatic carbocycles. The molecule has 0 aliphatic rings. The van der Waals surface area contributed by atoms with E-state index in [1.54, 1.807) is 42.5 Å². The van der Waals surface area contributed by atoms with Crippen LogP contribution in [0.2, 0.25) is 0 Å². The number of halogens is 4. The quantitative estimate of drug-likeness (QED) is 0.0718. The molecular weight excluding hydrogens is 1020 g/mol. The van der Waals surface area contributed by atoms with Gasteiger partial charge in [-0.15, -0.1) is 0 Å². The molecule has 60 heavy (non-hydrogen) atoms. The molecule has 0 radical (unpaired) electrons. The van der Waals surface area contributed by atoms with E-state index in [1.807, 2.05) is 97.1 Å². The van der Waals surface area contributed by atoms with Gasteiger partial charge in [0.15, 0.2) is 0 Å². The van der Waals surface area contributed by atoms with Crippen molar-refractivity contribution in [2.75, 3.05) is 5.33 Å². The molecule has 0 saturated heterocycles. The Kier molecular flexibility index (Phi) is 22.3. The standard InChI is InChI=1S/C14H11BrO2.C13H11BrO2.C11H11BrO2.C10H11BrO2/c15-10-11-5-4-8-13(9-11)17-14(16)12-6-2-1-3-7-12;1-9(15)16-13-7-6-10(8-14)11-4-2-3-5-12(11)13;1-8(12)7-10-3-5-11(6-4-10)14-9(2)13;1-8(12)13-10-4-2-9(3-5-10)6-7-11/h1-9H,10H2;2-7H,8H2,1H3;3-6H,1,7H2,2H3;2-5H,6-7H2,1H3. The summed E-state index contributed by atoms with van der Waals surface area (Å²) in [6.07, 6.45) is 1.76. The number of alkyl halides is 3. The lowest BCUT2D eigenvalue weighted by molar-refractivity contribution is -0.132. The minimum atomic E-state index is -0.336. The molecule has 0 aromatic heterocycles. The number of hydrogen-bond donors (Lipinski definition) is 0. The lowest BCUT2D eigenvalue weighted by Gasteiger charge is -2.08. The van der Waals surface area contributed by atoms with Crippen molar-refractivity contribution >= 4 is 98.4 Å². The number of ether oxygens (including phenoxy) is 4. The molecule has 0 aliphatic heterocycles. The van der Waals surface area contributed by atoms with Crippen LogP contribution < -0.4 is 18.9 Å². The minimum absolute atomic E-state index is 0.284. The van der Waals surface area contributed by atoms with Crippen molar-refractivity contribution in [3.63, 3.8) is 0 Å². The predicted molar refractivity (Wildman–Crippen MR) is 253 cm³/mol. The van der Waals surface area contributed by atoms with Crippen molar-refractivity contribution in [3.05, 3.63) is 178 Å². The molecule has 0 aliphatic carbocycles. The van der Waals surface area contributed by atoms with Crippen LogP contribution in [-0.4, -0.2) is 29.2 Å². The Balaban J connectivity index is 0.000000215. The zero-order chi connectivity index (χ0) is 43.9. The fourth-order valence-corrected chi connectivity index (χ4v) is 6.81. The van der Waals surface area contributed by atoms with Crippen LogP contribution in [0, 0.1) is 0 Å². The number of carbonyl (C=O) groups is 4. The number of rotatable bonds is 11. The first-order chi connectivity index (χ1) is 28.8. The van der Waals surface area contributed by atoms with Gasteiger partial charge in [0.1, 0.15) is 23.0 Å². The lowest BCUT2D eigenvalue weighted by Crippen LogP contribution is -2.08. The fourth-order valence-electron chi connectivity index (χ4n) is 5.19. The molecule has 0 saturated carbocycles. The summed E-state index contributed by atoms with van der Waals surface area (Å²) in [6, 6.07) is 43.0. The Morgan fingerprint density at radius 3 is 1.58 bits per heavy atom. The monoisotopic (exact) mass is 1060 g/mol. The largest absolute Gasteiger partial charge is 0.427 e. The normalized spacial score (nSPS) is 9.92. The smallest absolute Gasteiger partial charge is 0.343 e. The van der Waals surface area contributed by atoms with Crippen LogP contribution in [0.3, 0.4) is 0 Å². The highest BCUT2D eigenvalue weighted by atomic mass is 79.9. The third-order valence-electron chi connectivity index (χ3n) is 7.79. The second kappa shape index (κ2) is 27.1. The summed E-state index contributed by atoms with van der Waals surface area (Å²) in [5, 5.41) is 4.55. The summed E-state index contributed by atoms with van der Waals surface area (Å²) in [6.45, 7) is 7.94. The van der Waals surface area contributed by atoms with Gasteiger partial charge in [-0.2, -0.15) is 0 Å². The van der Waals surface area contributed by atoms with E-state index in [1.165, 1.54) is 31.9 Å². The number of benzene rings is 6. The molecule has 0 spiro atoms. The lowest BCUT2D eigenvalue weighted by atomic mass is 10.0. The number of fused-ring (bicyclic) bond motifs is 1. The molecule has 8 nitrogen and oxygen atoms in total. The summed E-state index contributed by atoms with van der Waals surface area (Å²) in [5.41, 5.74) is 5.17. The Morgan fingerprint density at radius 1 is 0.517 bits per heavy atom. The van der Waals surface area contributed by atoms with E-state index < -0.39 is 0 Å². The van der Waals surface area contributed by atoms with E-state index in [4.69, 9.17) is 18.9 Å². The van der Waals surface area contributed by atoms with Gasteiger partial charge in [0, 0.05) is 48.6 Å². The van der Waals surface area contributed by atoms with Crippen molar-refractivity contribution < 1.29 is 38.1 Å². The van der Waals surface area contributed by atoms with Crippen LogP contribution in [0.4, 0.5) is 0 Å². The van der Waals surface area contributed by atoms with Crippen molar-refractivity contribution in [2.45, 2.75) is 44.3 Å². The first-order valence-electron chi connectivity index (χ1n) is 18.4. The van der Waals surface area contributed by atoms with Crippen LogP contribution in [0.25, 0.3) is 10.8 Å².